The quantitative estimate of drug-likeness (QED) is 0.305. The van der Waals surface area contributed by atoms with Gasteiger partial charge in [-0.3, -0.25) is 14.6 Å². The number of ether oxygens (including phenoxy) is 1. The van der Waals surface area contributed by atoms with Crippen LogP contribution in [0.15, 0.2) is 46.3 Å². The molecule has 0 bridgehead atoms. The second-order valence-electron chi connectivity index (χ2n) is 8.20. The van der Waals surface area contributed by atoms with Gasteiger partial charge in [0, 0.05) is 26.1 Å². The van der Waals surface area contributed by atoms with E-state index in [9.17, 15) is 27.2 Å². The first kappa shape index (κ1) is 26.2. The van der Waals surface area contributed by atoms with Crippen LogP contribution < -0.4 is 10.1 Å². The van der Waals surface area contributed by atoms with Crippen LogP contribution in [0.4, 0.5) is 17.6 Å². The summed E-state index contributed by atoms with van der Waals surface area (Å²) in [5, 5.41) is 11.9. The average Bonchev–Trinajstić information content (AvgIpc) is 3.42. The molecule has 192 valence electrons. The number of benzene rings is 2. The van der Waals surface area contributed by atoms with Crippen LogP contribution in [-0.4, -0.2) is 41.5 Å². The Morgan fingerprint density at radius 2 is 1.97 bits per heavy atom. The second kappa shape index (κ2) is 11.0. The number of nitrogens with zero attached hydrogens (tertiary/aromatic N) is 3. The molecule has 2 aromatic rings. The van der Waals surface area contributed by atoms with E-state index in [4.69, 9.17) is 10.00 Å². The van der Waals surface area contributed by atoms with Crippen LogP contribution in [0.1, 0.15) is 36.0 Å². The van der Waals surface area contributed by atoms with Crippen LogP contribution >= 0.6 is 11.8 Å². The first-order chi connectivity index (χ1) is 17.6. The Kier molecular flexibility index (Phi) is 7.83. The maximum Gasteiger partial charge on any atom is 0.420 e. The van der Waals surface area contributed by atoms with Gasteiger partial charge in [-0.25, -0.2) is 4.39 Å². The van der Waals surface area contributed by atoms with Crippen molar-refractivity contribution in [3.8, 4) is 17.6 Å². The highest BCUT2D eigenvalue weighted by Crippen LogP contribution is 2.39. The number of nitrogens with one attached hydrogen (secondary N) is 1. The van der Waals surface area contributed by atoms with Crippen LogP contribution in [0.3, 0.4) is 0 Å². The van der Waals surface area contributed by atoms with Crippen molar-refractivity contribution in [3.63, 3.8) is 0 Å². The summed E-state index contributed by atoms with van der Waals surface area (Å²) < 4.78 is 59.9. The summed E-state index contributed by atoms with van der Waals surface area (Å²) >= 11 is 1.08. The SMILES string of the molecule is N#Cc1ccc(Oc2ccc(/C=C3/SC(=NCCCN4CCCC4=O)NC3=O)cc2F)c(C(F)(F)F)c1. The van der Waals surface area contributed by atoms with Crippen molar-refractivity contribution >= 4 is 34.8 Å². The normalized spacial score (nSPS) is 18.0. The third kappa shape index (κ3) is 6.48. The summed E-state index contributed by atoms with van der Waals surface area (Å²) in [5.74, 6) is -2.29. The van der Waals surface area contributed by atoms with Crippen molar-refractivity contribution in [1.82, 2.24) is 10.2 Å². The Morgan fingerprint density at radius 3 is 2.65 bits per heavy atom. The van der Waals surface area contributed by atoms with E-state index < -0.39 is 35.0 Å². The van der Waals surface area contributed by atoms with Gasteiger partial charge in [0.25, 0.3) is 5.91 Å². The molecule has 0 spiro atoms. The number of amidine groups is 1. The third-order valence-corrected chi connectivity index (χ3v) is 6.50. The van der Waals surface area contributed by atoms with E-state index in [2.05, 4.69) is 10.3 Å². The second-order valence-corrected chi connectivity index (χ2v) is 9.23. The zero-order valence-corrected chi connectivity index (χ0v) is 20.1. The average molecular weight is 533 g/mol. The Hall–Kier alpha value is -3.85. The molecule has 4 rings (SSSR count). The molecule has 0 atom stereocenters. The van der Waals surface area contributed by atoms with E-state index >= 15 is 0 Å². The maximum absolute atomic E-state index is 14.7. The number of alkyl halides is 3. The van der Waals surface area contributed by atoms with E-state index in [1.807, 2.05) is 0 Å². The lowest BCUT2D eigenvalue weighted by Crippen LogP contribution is -2.26. The van der Waals surface area contributed by atoms with E-state index in [-0.39, 0.29) is 16.4 Å². The lowest BCUT2D eigenvalue weighted by atomic mass is 10.1. The Labute approximate surface area is 213 Å². The molecule has 0 saturated carbocycles. The molecule has 1 N–H and O–H groups in total. The highest BCUT2D eigenvalue weighted by Gasteiger charge is 2.35. The molecule has 0 radical (unpaired) electrons. The number of rotatable bonds is 7. The summed E-state index contributed by atoms with van der Waals surface area (Å²) in [7, 11) is 0. The number of halogens is 4. The number of carbonyl (C=O) groups excluding carboxylic acids is 2. The zero-order valence-electron chi connectivity index (χ0n) is 19.3. The molecule has 2 aromatic carbocycles. The smallest absolute Gasteiger partial charge is 0.420 e. The summed E-state index contributed by atoms with van der Waals surface area (Å²) in [6.07, 6.45) is -1.27. The molecular formula is C25H20F4N4O3S. The maximum atomic E-state index is 14.7. The number of amides is 2. The summed E-state index contributed by atoms with van der Waals surface area (Å²) in [5.41, 5.74) is -1.11. The van der Waals surface area contributed by atoms with Gasteiger partial charge in [-0.05, 0) is 66.6 Å². The number of carbonyl (C=O) groups is 2. The number of hydrogen-bond acceptors (Lipinski definition) is 6. The van der Waals surface area contributed by atoms with Gasteiger partial charge in [-0.1, -0.05) is 6.07 Å². The summed E-state index contributed by atoms with van der Waals surface area (Å²) in [4.78, 5) is 30.3. The summed E-state index contributed by atoms with van der Waals surface area (Å²) in [6.45, 7) is 1.79. The molecule has 2 saturated heterocycles. The fourth-order valence-corrected chi connectivity index (χ4v) is 4.60. The van der Waals surface area contributed by atoms with Crippen LogP contribution in [0.5, 0.6) is 11.5 Å². The predicted octanol–water partition coefficient (Wildman–Crippen LogP) is 5.08. The highest BCUT2D eigenvalue weighted by atomic mass is 32.2. The molecule has 0 aliphatic carbocycles. The molecule has 2 fully saturated rings. The molecule has 0 aromatic heterocycles. The first-order valence-corrected chi connectivity index (χ1v) is 12.1. The predicted molar refractivity (Wildman–Crippen MR) is 129 cm³/mol. The molecule has 0 unspecified atom stereocenters. The van der Waals surface area contributed by atoms with Crippen LogP contribution in [0, 0.1) is 17.1 Å². The minimum atomic E-state index is -4.80. The van der Waals surface area contributed by atoms with Gasteiger partial charge in [0.05, 0.1) is 22.1 Å². The van der Waals surface area contributed by atoms with Gasteiger partial charge < -0.3 is 15.0 Å². The van der Waals surface area contributed by atoms with E-state index in [0.717, 1.165) is 49.0 Å². The molecule has 12 heteroatoms. The summed E-state index contributed by atoms with van der Waals surface area (Å²) in [6, 6.07) is 7.95. The zero-order chi connectivity index (χ0) is 26.6. The molecule has 37 heavy (non-hydrogen) atoms. The standard InChI is InChI=1S/C25H20F4N4O3S/c26-18-12-15(4-7-20(18)36-19-6-5-16(14-30)11-17(19)25(27,28)29)13-21-23(35)32-24(37-21)31-8-2-10-33-9-1-3-22(33)34/h4-7,11-13H,1-3,8-10H2,(H,31,32,35)/b21-13+. The number of likely N-dealkylation sites (tertiary alicyclic amines) is 1. The Bertz CT molecular complexity index is 1330. The van der Waals surface area contributed by atoms with Crippen LogP contribution in [0.2, 0.25) is 0 Å². The molecule has 2 amide bonds. The van der Waals surface area contributed by atoms with Gasteiger partial charge in [0.15, 0.2) is 16.7 Å². The van der Waals surface area contributed by atoms with Gasteiger partial charge in [-0.2, -0.15) is 18.4 Å². The topological polar surface area (TPSA) is 94.8 Å². The van der Waals surface area contributed by atoms with E-state index in [1.54, 1.807) is 11.0 Å². The fraction of sp³-hybridized carbons (Fsp3) is 0.280. The van der Waals surface area contributed by atoms with Crippen LogP contribution in [0.25, 0.3) is 6.08 Å². The highest BCUT2D eigenvalue weighted by molar-refractivity contribution is 8.18. The van der Waals surface area contributed by atoms with Crippen molar-refractivity contribution in [2.75, 3.05) is 19.6 Å². The van der Waals surface area contributed by atoms with Gasteiger partial charge in [0.2, 0.25) is 5.91 Å². The Balaban J connectivity index is 1.41. The minimum absolute atomic E-state index is 0.141. The van der Waals surface area contributed by atoms with Crippen molar-refractivity contribution in [2.45, 2.75) is 25.4 Å². The first-order valence-electron chi connectivity index (χ1n) is 11.3. The van der Waals surface area contributed by atoms with Gasteiger partial charge in [-0.15, -0.1) is 0 Å². The number of nitriles is 1. The van der Waals surface area contributed by atoms with Crippen molar-refractivity contribution in [2.24, 2.45) is 4.99 Å². The van der Waals surface area contributed by atoms with Gasteiger partial charge in [0.1, 0.15) is 5.75 Å². The largest absolute Gasteiger partial charge is 0.454 e. The van der Waals surface area contributed by atoms with Crippen molar-refractivity contribution < 1.29 is 31.9 Å². The number of hydrogen-bond donors (Lipinski definition) is 1. The molecule has 2 aliphatic rings. The van der Waals surface area contributed by atoms with Crippen molar-refractivity contribution in [3.05, 3.63) is 63.8 Å². The Morgan fingerprint density at radius 1 is 1.19 bits per heavy atom. The lowest BCUT2D eigenvalue weighted by Gasteiger charge is -2.14. The molecule has 7 nitrogen and oxygen atoms in total. The van der Waals surface area contributed by atoms with E-state index in [0.29, 0.717) is 42.7 Å². The van der Waals surface area contributed by atoms with E-state index in [1.165, 1.54) is 12.1 Å². The minimum Gasteiger partial charge on any atom is -0.454 e. The molecular weight excluding hydrogens is 512 g/mol. The third-order valence-electron chi connectivity index (χ3n) is 5.55. The fourth-order valence-electron chi connectivity index (χ4n) is 3.75. The molecule has 2 heterocycles. The molecule has 2 aliphatic heterocycles. The van der Waals surface area contributed by atoms with Crippen LogP contribution in [-0.2, 0) is 15.8 Å². The lowest BCUT2D eigenvalue weighted by molar-refractivity contribution is -0.138. The monoisotopic (exact) mass is 532 g/mol. The van der Waals surface area contributed by atoms with Crippen molar-refractivity contribution in [1.29, 1.82) is 5.26 Å². The van der Waals surface area contributed by atoms with Gasteiger partial charge >= 0.3 is 6.18 Å². The number of thioether (sulfide) groups is 1. The number of aliphatic imine (C=N–C) groups is 1.